The van der Waals surface area contributed by atoms with Crippen molar-refractivity contribution in [2.45, 2.75) is 5.88 Å². The van der Waals surface area contributed by atoms with E-state index in [4.69, 9.17) is 23.2 Å². The van der Waals surface area contributed by atoms with E-state index in [1.165, 1.54) is 0 Å². The maximum Gasteiger partial charge on any atom is 0.0724 e. The molecule has 3 heteroatoms. The number of fused-ring (bicyclic) bond motifs is 1. The van der Waals surface area contributed by atoms with Gasteiger partial charge in [-0.3, -0.25) is 0 Å². The zero-order chi connectivity index (χ0) is 14.7. The van der Waals surface area contributed by atoms with Gasteiger partial charge in [0.2, 0.25) is 0 Å². The lowest BCUT2D eigenvalue weighted by Crippen LogP contribution is -1.83. The Morgan fingerprint density at radius 3 is 2.43 bits per heavy atom. The number of halogens is 2. The lowest BCUT2D eigenvalue weighted by atomic mass is 10.1. The molecule has 0 bridgehead atoms. The first kappa shape index (κ1) is 14.1. The molecule has 0 fully saturated rings. The second kappa shape index (κ2) is 6.30. The summed E-state index contributed by atoms with van der Waals surface area (Å²) in [6, 6.07) is 17.9. The largest absolute Gasteiger partial charge is 0.248 e. The van der Waals surface area contributed by atoms with Gasteiger partial charge in [0.05, 0.1) is 11.2 Å². The molecule has 104 valence electrons. The highest BCUT2D eigenvalue weighted by Crippen LogP contribution is 2.19. The van der Waals surface area contributed by atoms with Gasteiger partial charge in [-0.05, 0) is 35.4 Å². The maximum atomic E-state index is 6.00. The summed E-state index contributed by atoms with van der Waals surface area (Å²) in [4.78, 5) is 4.59. The average molecular weight is 314 g/mol. The van der Waals surface area contributed by atoms with Gasteiger partial charge < -0.3 is 0 Å². The van der Waals surface area contributed by atoms with Crippen LogP contribution < -0.4 is 0 Å². The lowest BCUT2D eigenvalue weighted by molar-refractivity contribution is 1.37. The SMILES string of the molecule is ClCc1ccc(C=Cc2ccc3ccc(Cl)cc3n2)cc1. The van der Waals surface area contributed by atoms with Crippen molar-refractivity contribution in [3.63, 3.8) is 0 Å². The van der Waals surface area contributed by atoms with Crippen LogP contribution in [0, 0.1) is 0 Å². The van der Waals surface area contributed by atoms with E-state index in [9.17, 15) is 0 Å². The van der Waals surface area contributed by atoms with Crippen LogP contribution in [0.5, 0.6) is 0 Å². The van der Waals surface area contributed by atoms with Gasteiger partial charge >= 0.3 is 0 Å². The summed E-state index contributed by atoms with van der Waals surface area (Å²) in [7, 11) is 0. The number of pyridine rings is 1. The molecule has 0 aliphatic rings. The van der Waals surface area contributed by atoms with E-state index < -0.39 is 0 Å². The van der Waals surface area contributed by atoms with Crippen molar-refractivity contribution < 1.29 is 0 Å². The van der Waals surface area contributed by atoms with Crippen LogP contribution in [0.4, 0.5) is 0 Å². The third-order valence-electron chi connectivity index (χ3n) is 3.26. The first-order chi connectivity index (χ1) is 10.2. The molecule has 0 unspecified atom stereocenters. The number of aromatic nitrogens is 1. The van der Waals surface area contributed by atoms with Crippen LogP contribution in [0.1, 0.15) is 16.8 Å². The van der Waals surface area contributed by atoms with Crippen molar-refractivity contribution in [2.75, 3.05) is 0 Å². The number of hydrogen-bond donors (Lipinski definition) is 0. The predicted molar refractivity (Wildman–Crippen MR) is 91.7 cm³/mol. The monoisotopic (exact) mass is 313 g/mol. The fourth-order valence-electron chi connectivity index (χ4n) is 2.10. The highest BCUT2D eigenvalue weighted by atomic mass is 35.5. The van der Waals surface area contributed by atoms with Crippen molar-refractivity contribution in [1.82, 2.24) is 4.98 Å². The summed E-state index contributed by atoms with van der Waals surface area (Å²) in [5.41, 5.74) is 4.05. The van der Waals surface area contributed by atoms with Gasteiger partial charge in [0, 0.05) is 16.3 Å². The standard InChI is InChI=1S/C18H13Cl2N/c19-12-14-3-1-13(2-4-14)5-9-17-10-7-15-6-8-16(20)11-18(15)21-17/h1-11H,12H2. The van der Waals surface area contributed by atoms with Gasteiger partial charge in [-0.25, -0.2) is 4.98 Å². The molecule has 3 rings (SSSR count). The Labute approximate surface area is 133 Å². The van der Waals surface area contributed by atoms with E-state index >= 15 is 0 Å². The highest BCUT2D eigenvalue weighted by Gasteiger charge is 1.97. The third-order valence-corrected chi connectivity index (χ3v) is 3.80. The molecule has 21 heavy (non-hydrogen) atoms. The van der Waals surface area contributed by atoms with E-state index in [2.05, 4.69) is 11.1 Å². The van der Waals surface area contributed by atoms with Crippen LogP contribution >= 0.6 is 23.2 Å². The summed E-state index contributed by atoms with van der Waals surface area (Å²) < 4.78 is 0. The quantitative estimate of drug-likeness (QED) is 0.557. The Balaban J connectivity index is 1.87. The van der Waals surface area contributed by atoms with Crippen LogP contribution in [0.15, 0.2) is 54.6 Å². The van der Waals surface area contributed by atoms with Crippen LogP contribution in [0.3, 0.4) is 0 Å². The van der Waals surface area contributed by atoms with Crippen molar-refractivity contribution in [2.24, 2.45) is 0 Å². The smallest absolute Gasteiger partial charge is 0.0724 e. The van der Waals surface area contributed by atoms with Crippen molar-refractivity contribution >= 4 is 46.3 Å². The van der Waals surface area contributed by atoms with Gasteiger partial charge in [0.15, 0.2) is 0 Å². The van der Waals surface area contributed by atoms with E-state index in [1.54, 1.807) is 0 Å². The first-order valence-electron chi connectivity index (χ1n) is 6.64. The van der Waals surface area contributed by atoms with Gasteiger partial charge in [0.1, 0.15) is 0 Å². The summed E-state index contributed by atoms with van der Waals surface area (Å²) in [6.45, 7) is 0. The van der Waals surface area contributed by atoms with Crippen LogP contribution in [0.25, 0.3) is 23.1 Å². The fourth-order valence-corrected chi connectivity index (χ4v) is 2.44. The molecule has 0 radical (unpaired) electrons. The van der Waals surface area contributed by atoms with E-state index in [0.717, 1.165) is 27.7 Å². The third kappa shape index (κ3) is 3.44. The van der Waals surface area contributed by atoms with Crippen molar-refractivity contribution in [1.29, 1.82) is 0 Å². The van der Waals surface area contributed by atoms with E-state index in [0.29, 0.717) is 10.9 Å². The number of benzene rings is 2. The maximum absolute atomic E-state index is 6.00. The summed E-state index contributed by atoms with van der Waals surface area (Å²) in [5.74, 6) is 0.539. The van der Waals surface area contributed by atoms with E-state index in [-0.39, 0.29) is 0 Å². The van der Waals surface area contributed by atoms with Crippen molar-refractivity contribution in [3.8, 4) is 0 Å². The molecule has 0 aliphatic heterocycles. The minimum Gasteiger partial charge on any atom is -0.248 e. The fraction of sp³-hybridized carbons (Fsp3) is 0.0556. The second-order valence-corrected chi connectivity index (χ2v) is 5.49. The molecule has 1 aromatic heterocycles. The summed E-state index contributed by atoms with van der Waals surface area (Å²) >= 11 is 11.8. The van der Waals surface area contributed by atoms with E-state index in [1.807, 2.05) is 60.7 Å². The van der Waals surface area contributed by atoms with Gasteiger partial charge in [-0.2, -0.15) is 0 Å². The summed E-state index contributed by atoms with van der Waals surface area (Å²) in [5, 5.41) is 1.79. The molecular weight excluding hydrogens is 301 g/mol. The molecule has 0 aliphatic carbocycles. The predicted octanol–water partition coefficient (Wildman–Crippen LogP) is 5.80. The second-order valence-electron chi connectivity index (χ2n) is 4.78. The van der Waals surface area contributed by atoms with Gasteiger partial charge in [0.25, 0.3) is 0 Å². The zero-order valence-electron chi connectivity index (χ0n) is 11.3. The normalized spacial score (nSPS) is 11.3. The molecule has 0 saturated carbocycles. The van der Waals surface area contributed by atoms with Gasteiger partial charge in [-0.1, -0.05) is 54.1 Å². The van der Waals surface area contributed by atoms with Crippen LogP contribution in [0.2, 0.25) is 5.02 Å². The number of alkyl halides is 1. The van der Waals surface area contributed by atoms with Crippen LogP contribution in [-0.2, 0) is 5.88 Å². The molecular formula is C18H13Cl2N. The highest BCUT2D eigenvalue weighted by molar-refractivity contribution is 6.31. The first-order valence-corrected chi connectivity index (χ1v) is 7.55. The Hall–Kier alpha value is -1.83. The molecule has 0 spiro atoms. The van der Waals surface area contributed by atoms with Crippen molar-refractivity contribution in [3.05, 3.63) is 76.4 Å². The molecule has 3 aromatic rings. The van der Waals surface area contributed by atoms with Crippen LogP contribution in [-0.4, -0.2) is 4.98 Å². The number of nitrogens with zero attached hydrogens (tertiary/aromatic N) is 1. The Morgan fingerprint density at radius 1 is 0.905 bits per heavy atom. The molecule has 1 nitrogen and oxygen atoms in total. The molecule has 2 aromatic carbocycles. The average Bonchev–Trinajstić information content (AvgIpc) is 2.53. The topological polar surface area (TPSA) is 12.9 Å². The minimum absolute atomic E-state index is 0.539. The molecule has 0 N–H and O–H groups in total. The number of rotatable bonds is 3. The zero-order valence-corrected chi connectivity index (χ0v) is 12.8. The Morgan fingerprint density at radius 2 is 1.67 bits per heavy atom. The number of hydrogen-bond acceptors (Lipinski definition) is 1. The Bertz CT molecular complexity index is 792. The lowest BCUT2D eigenvalue weighted by Gasteiger charge is -2.00. The minimum atomic E-state index is 0.539. The van der Waals surface area contributed by atoms with Gasteiger partial charge in [-0.15, -0.1) is 11.6 Å². The summed E-state index contributed by atoms with van der Waals surface area (Å²) in [6.07, 6.45) is 4.03. The molecule has 0 atom stereocenters. The molecule has 0 amide bonds. The Kier molecular flexibility index (Phi) is 4.23. The molecule has 0 saturated heterocycles. The molecule has 1 heterocycles.